The van der Waals surface area contributed by atoms with E-state index >= 15 is 0 Å². The summed E-state index contributed by atoms with van der Waals surface area (Å²) in [5.41, 5.74) is 3.97. The Hall–Kier alpha value is -3.80. The van der Waals surface area contributed by atoms with E-state index in [-0.39, 0.29) is 16.9 Å². The molecular formula is C28H26FN3O2. The first-order chi connectivity index (χ1) is 16.4. The van der Waals surface area contributed by atoms with Crippen LogP contribution in [0.25, 0.3) is 0 Å². The van der Waals surface area contributed by atoms with Gasteiger partial charge in [-0.05, 0) is 86.2 Å². The van der Waals surface area contributed by atoms with Crippen LogP contribution in [0.2, 0.25) is 0 Å². The molecule has 2 aliphatic rings. The minimum absolute atomic E-state index is 0.1000. The van der Waals surface area contributed by atoms with Crippen LogP contribution in [0, 0.1) is 16.6 Å². The van der Waals surface area contributed by atoms with Crippen LogP contribution in [0.3, 0.4) is 0 Å². The predicted molar refractivity (Wildman–Crippen MR) is 131 cm³/mol. The smallest absolute Gasteiger partial charge is 0.258 e. The summed E-state index contributed by atoms with van der Waals surface area (Å²) in [6.07, 6.45) is 4.48. The van der Waals surface area contributed by atoms with Crippen molar-refractivity contribution in [2.24, 2.45) is 5.41 Å². The van der Waals surface area contributed by atoms with Crippen molar-refractivity contribution in [3.63, 3.8) is 0 Å². The lowest BCUT2D eigenvalue weighted by Gasteiger charge is -2.28. The first-order valence-corrected chi connectivity index (χ1v) is 11.6. The summed E-state index contributed by atoms with van der Waals surface area (Å²) in [7, 11) is 0. The second kappa shape index (κ2) is 8.86. The Labute approximate surface area is 198 Å². The highest BCUT2D eigenvalue weighted by atomic mass is 19.1. The number of anilines is 2. The zero-order valence-corrected chi connectivity index (χ0v) is 18.8. The van der Waals surface area contributed by atoms with Gasteiger partial charge in [-0.25, -0.2) is 4.39 Å². The number of carbonyl (C=O) groups excluding carboxylic acids is 2. The van der Waals surface area contributed by atoms with Crippen molar-refractivity contribution in [2.75, 3.05) is 16.8 Å². The van der Waals surface area contributed by atoms with Crippen LogP contribution >= 0.6 is 0 Å². The lowest BCUT2D eigenvalue weighted by atomic mass is 9.76. The standard InChI is InChI=1S/C28H26FN3O2/c29-22-7-3-6-20(17-22)26(33)31-23-12-10-19(11-13-23)27(34)32-16-15-28(14-4-9-25(28)30)18-21-5-1-2-8-24(21)32/h1-3,5-8,10-13,17,30H,4,9,14-16,18H2,(H,31,33). The predicted octanol–water partition coefficient (Wildman–Crippen LogP) is 5.86. The fourth-order valence-corrected chi connectivity index (χ4v) is 5.21. The summed E-state index contributed by atoms with van der Waals surface area (Å²) in [5.74, 6) is -0.984. The summed E-state index contributed by atoms with van der Waals surface area (Å²) in [4.78, 5) is 27.8. The summed E-state index contributed by atoms with van der Waals surface area (Å²) in [6.45, 7) is 0.566. The zero-order valence-electron chi connectivity index (χ0n) is 18.8. The van der Waals surface area contributed by atoms with E-state index in [4.69, 9.17) is 5.41 Å². The highest BCUT2D eigenvalue weighted by Crippen LogP contribution is 2.45. The minimum atomic E-state index is -0.471. The second-order valence-corrected chi connectivity index (χ2v) is 9.17. The van der Waals surface area contributed by atoms with Crippen molar-refractivity contribution in [1.29, 1.82) is 5.41 Å². The first kappa shape index (κ1) is 22.0. The molecule has 0 saturated heterocycles. The molecule has 5 rings (SSSR count). The van der Waals surface area contributed by atoms with Gasteiger partial charge in [0.05, 0.1) is 0 Å². The number of halogens is 1. The molecule has 5 nitrogen and oxygen atoms in total. The molecule has 172 valence electrons. The minimum Gasteiger partial charge on any atom is -0.322 e. The van der Waals surface area contributed by atoms with Gasteiger partial charge < -0.3 is 15.6 Å². The Morgan fingerprint density at radius 1 is 0.941 bits per heavy atom. The van der Waals surface area contributed by atoms with Crippen molar-refractivity contribution in [2.45, 2.75) is 32.1 Å². The quantitative estimate of drug-likeness (QED) is 0.519. The van der Waals surface area contributed by atoms with Crippen LogP contribution in [0.15, 0.2) is 72.8 Å². The normalized spacial score (nSPS) is 19.6. The molecule has 3 aromatic rings. The molecule has 0 bridgehead atoms. The molecule has 2 N–H and O–H groups in total. The number of carbonyl (C=O) groups is 2. The van der Waals surface area contributed by atoms with Crippen LogP contribution in [0.4, 0.5) is 15.8 Å². The van der Waals surface area contributed by atoms with Crippen LogP contribution in [0.1, 0.15) is 52.0 Å². The average Bonchev–Trinajstić information content (AvgIpc) is 3.10. The molecular weight excluding hydrogens is 429 g/mol. The van der Waals surface area contributed by atoms with Gasteiger partial charge in [-0.3, -0.25) is 9.59 Å². The molecule has 1 aliphatic heterocycles. The van der Waals surface area contributed by atoms with Crippen molar-refractivity contribution in [1.82, 2.24) is 0 Å². The summed E-state index contributed by atoms with van der Waals surface area (Å²) < 4.78 is 13.4. The fourth-order valence-electron chi connectivity index (χ4n) is 5.21. The molecule has 1 atom stereocenters. The van der Waals surface area contributed by atoms with Gasteiger partial charge in [0.2, 0.25) is 0 Å². The van der Waals surface area contributed by atoms with Crippen LogP contribution in [-0.2, 0) is 6.42 Å². The number of para-hydroxylation sites is 1. The molecule has 1 heterocycles. The third-order valence-corrected chi connectivity index (χ3v) is 7.07. The Morgan fingerprint density at radius 3 is 2.47 bits per heavy atom. The van der Waals surface area contributed by atoms with E-state index in [1.807, 2.05) is 23.1 Å². The van der Waals surface area contributed by atoms with Gasteiger partial charge in [-0.15, -0.1) is 0 Å². The Bertz CT molecular complexity index is 1270. The zero-order chi connectivity index (χ0) is 23.7. The van der Waals surface area contributed by atoms with Crippen molar-refractivity contribution in [3.05, 3.63) is 95.3 Å². The molecule has 0 aromatic heterocycles. The molecule has 1 unspecified atom stereocenters. The molecule has 1 aliphatic carbocycles. The largest absolute Gasteiger partial charge is 0.322 e. The van der Waals surface area contributed by atoms with Crippen molar-refractivity contribution in [3.8, 4) is 0 Å². The van der Waals surface area contributed by atoms with Gasteiger partial charge in [0.1, 0.15) is 5.82 Å². The van der Waals surface area contributed by atoms with Gasteiger partial charge in [0, 0.05) is 40.2 Å². The summed E-state index contributed by atoms with van der Waals surface area (Å²) in [6, 6.07) is 20.3. The Kier molecular flexibility index (Phi) is 5.74. The van der Waals surface area contributed by atoms with Gasteiger partial charge >= 0.3 is 0 Å². The lowest BCUT2D eigenvalue weighted by Crippen LogP contribution is -2.34. The molecule has 2 amide bonds. The Balaban J connectivity index is 1.36. The number of hydrogen-bond acceptors (Lipinski definition) is 3. The molecule has 1 spiro atoms. The fraction of sp³-hybridized carbons (Fsp3) is 0.250. The molecule has 0 radical (unpaired) electrons. The van der Waals surface area contributed by atoms with Crippen LogP contribution in [0.5, 0.6) is 0 Å². The topological polar surface area (TPSA) is 73.3 Å². The maximum Gasteiger partial charge on any atom is 0.258 e. The summed E-state index contributed by atoms with van der Waals surface area (Å²) in [5, 5.41) is 11.3. The SMILES string of the molecule is N=C1CCCC12CCN(C(=O)c1ccc(NC(=O)c3cccc(F)c3)cc1)c1ccccc1C2. The number of rotatable bonds is 3. The number of hydrogen-bond donors (Lipinski definition) is 2. The molecule has 1 fully saturated rings. The van der Waals surface area contributed by atoms with Gasteiger partial charge in [0.15, 0.2) is 0 Å². The van der Waals surface area contributed by atoms with Gasteiger partial charge in [0.25, 0.3) is 11.8 Å². The van der Waals surface area contributed by atoms with E-state index in [0.717, 1.165) is 49.1 Å². The number of nitrogens with one attached hydrogen (secondary N) is 2. The first-order valence-electron chi connectivity index (χ1n) is 11.6. The number of benzene rings is 3. The third kappa shape index (κ3) is 4.12. The third-order valence-electron chi connectivity index (χ3n) is 7.07. The average molecular weight is 456 g/mol. The van der Waals surface area contributed by atoms with E-state index in [0.29, 0.717) is 17.8 Å². The Morgan fingerprint density at radius 2 is 1.74 bits per heavy atom. The van der Waals surface area contributed by atoms with Gasteiger partial charge in [-0.1, -0.05) is 24.3 Å². The van der Waals surface area contributed by atoms with Crippen molar-refractivity contribution < 1.29 is 14.0 Å². The molecule has 34 heavy (non-hydrogen) atoms. The van der Waals surface area contributed by atoms with Crippen LogP contribution in [-0.4, -0.2) is 24.1 Å². The van der Waals surface area contributed by atoms with E-state index in [2.05, 4.69) is 11.4 Å². The monoisotopic (exact) mass is 455 g/mol. The van der Waals surface area contributed by atoms with E-state index in [1.54, 1.807) is 30.3 Å². The van der Waals surface area contributed by atoms with Crippen LogP contribution < -0.4 is 10.2 Å². The molecule has 6 heteroatoms. The summed E-state index contributed by atoms with van der Waals surface area (Å²) >= 11 is 0. The highest BCUT2D eigenvalue weighted by Gasteiger charge is 2.42. The number of fused-ring (bicyclic) bond motifs is 1. The van der Waals surface area contributed by atoms with E-state index < -0.39 is 11.7 Å². The van der Waals surface area contributed by atoms with Gasteiger partial charge in [-0.2, -0.15) is 0 Å². The number of amides is 2. The van der Waals surface area contributed by atoms with E-state index in [9.17, 15) is 14.0 Å². The number of nitrogens with zero attached hydrogens (tertiary/aromatic N) is 1. The molecule has 3 aromatic carbocycles. The maximum atomic E-state index is 13.5. The lowest BCUT2D eigenvalue weighted by molar-refractivity contribution is 0.0984. The second-order valence-electron chi connectivity index (χ2n) is 9.17. The van der Waals surface area contributed by atoms with E-state index in [1.165, 1.54) is 18.2 Å². The maximum absolute atomic E-state index is 13.5. The van der Waals surface area contributed by atoms with Crippen molar-refractivity contribution >= 4 is 28.9 Å². The highest BCUT2D eigenvalue weighted by molar-refractivity contribution is 6.08. The molecule has 1 saturated carbocycles.